The quantitative estimate of drug-likeness (QED) is 0.667. The third-order valence-corrected chi connectivity index (χ3v) is 3.27. The molecule has 7 nitrogen and oxygen atoms in total. The van der Waals surface area contributed by atoms with Gasteiger partial charge in [0.25, 0.3) is 0 Å². The fourth-order valence-corrected chi connectivity index (χ4v) is 2.40. The molecule has 1 heterocycles. The summed E-state index contributed by atoms with van der Waals surface area (Å²) in [6, 6.07) is 3.11. The minimum absolute atomic E-state index is 0.114. The molecule has 1 aromatic rings. The minimum Gasteiger partial charge on any atom is -0.467 e. The number of fused-ring (bicyclic) bond motifs is 1. The lowest BCUT2D eigenvalue weighted by atomic mass is 9.98. The van der Waals surface area contributed by atoms with Crippen molar-refractivity contribution in [1.82, 2.24) is 0 Å². The van der Waals surface area contributed by atoms with Gasteiger partial charge in [0.2, 0.25) is 0 Å². The maximum absolute atomic E-state index is 11.9. The number of anilines is 1. The van der Waals surface area contributed by atoms with Crippen LogP contribution in [0.1, 0.15) is 26.3 Å². The first-order valence-electron chi connectivity index (χ1n) is 6.65. The molecular formula is C15H17NO6. The van der Waals surface area contributed by atoms with Crippen LogP contribution in [0.4, 0.5) is 5.69 Å². The normalized spacial score (nSPS) is 18.9. The Morgan fingerprint density at radius 2 is 1.64 bits per heavy atom. The van der Waals surface area contributed by atoms with E-state index >= 15 is 0 Å². The van der Waals surface area contributed by atoms with Gasteiger partial charge in [0, 0.05) is 32.0 Å². The Bertz CT molecular complexity index is 607. The van der Waals surface area contributed by atoms with E-state index in [1.807, 2.05) is 0 Å². The summed E-state index contributed by atoms with van der Waals surface area (Å²) in [5, 5.41) is 3.05. The Morgan fingerprint density at radius 3 is 2.14 bits per heavy atom. The summed E-state index contributed by atoms with van der Waals surface area (Å²) in [6.45, 7) is 4.20. The first kappa shape index (κ1) is 15.8. The topological polar surface area (TPSA) is 90.9 Å². The molecule has 0 amide bonds. The number of ether oxygens (including phenoxy) is 3. The Morgan fingerprint density at radius 1 is 1.09 bits per heavy atom. The lowest BCUT2D eigenvalue weighted by Crippen LogP contribution is -2.42. The number of hydrogen-bond donors (Lipinski definition) is 1. The van der Waals surface area contributed by atoms with Crippen LogP contribution in [0.25, 0.3) is 0 Å². The Labute approximate surface area is 127 Å². The maximum Gasteiger partial charge on any atom is 0.331 e. The molecule has 0 unspecified atom stereocenters. The molecule has 1 aromatic carbocycles. The fourth-order valence-electron chi connectivity index (χ4n) is 2.40. The standard InChI is InChI=1S/C15H17NO6/c1-8(17)21-12-5-10-7-15(3,14(19)20-4)16-11(10)6-13(12)22-9(2)18/h5-6,16H,7H2,1-4H3/t15-/m0/s1. The lowest BCUT2D eigenvalue weighted by Gasteiger charge is -2.21. The molecule has 0 fully saturated rings. The molecule has 1 atom stereocenters. The van der Waals surface area contributed by atoms with Gasteiger partial charge in [0.05, 0.1) is 7.11 Å². The van der Waals surface area contributed by atoms with Crippen molar-refractivity contribution in [3.63, 3.8) is 0 Å². The molecule has 1 aliphatic rings. The zero-order valence-electron chi connectivity index (χ0n) is 12.8. The highest BCUT2D eigenvalue weighted by molar-refractivity contribution is 5.88. The highest BCUT2D eigenvalue weighted by atomic mass is 16.6. The molecule has 0 spiro atoms. The van der Waals surface area contributed by atoms with Crippen molar-refractivity contribution in [3.05, 3.63) is 17.7 Å². The van der Waals surface area contributed by atoms with Gasteiger partial charge in [-0.05, 0) is 18.6 Å². The van der Waals surface area contributed by atoms with E-state index in [0.29, 0.717) is 12.1 Å². The molecule has 1 aliphatic heterocycles. The van der Waals surface area contributed by atoms with Crippen LogP contribution in [0.3, 0.4) is 0 Å². The van der Waals surface area contributed by atoms with Crippen molar-refractivity contribution in [2.45, 2.75) is 32.7 Å². The zero-order chi connectivity index (χ0) is 16.5. The number of esters is 3. The summed E-state index contributed by atoms with van der Waals surface area (Å²) in [6.07, 6.45) is 0.365. The van der Waals surface area contributed by atoms with Crippen molar-refractivity contribution < 1.29 is 28.6 Å². The maximum atomic E-state index is 11.9. The van der Waals surface area contributed by atoms with Gasteiger partial charge in [-0.15, -0.1) is 0 Å². The number of methoxy groups -OCH3 is 1. The molecule has 2 rings (SSSR count). The summed E-state index contributed by atoms with van der Waals surface area (Å²) in [4.78, 5) is 34.2. The molecule has 0 saturated heterocycles. The average Bonchev–Trinajstić information content (AvgIpc) is 2.73. The van der Waals surface area contributed by atoms with Gasteiger partial charge in [0.15, 0.2) is 11.5 Å². The van der Waals surface area contributed by atoms with Crippen LogP contribution in [-0.4, -0.2) is 30.6 Å². The molecule has 0 radical (unpaired) electrons. The van der Waals surface area contributed by atoms with Crippen LogP contribution in [0.2, 0.25) is 0 Å². The van der Waals surface area contributed by atoms with E-state index in [4.69, 9.17) is 14.2 Å². The van der Waals surface area contributed by atoms with Crippen LogP contribution >= 0.6 is 0 Å². The molecule has 0 saturated carbocycles. The highest BCUT2D eigenvalue weighted by Gasteiger charge is 2.41. The van der Waals surface area contributed by atoms with Gasteiger partial charge in [-0.1, -0.05) is 0 Å². The van der Waals surface area contributed by atoms with E-state index in [0.717, 1.165) is 5.56 Å². The number of carbonyl (C=O) groups is 3. The van der Waals surface area contributed by atoms with Crippen molar-refractivity contribution in [2.24, 2.45) is 0 Å². The van der Waals surface area contributed by atoms with Gasteiger partial charge < -0.3 is 19.5 Å². The number of benzene rings is 1. The monoisotopic (exact) mass is 307 g/mol. The fraction of sp³-hybridized carbons (Fsp3) is 0.400. The molecule has 118 valence electrons. The lowest BCUT2D eigenvalue weighted by molar-refractivity contribution is -0.145. The number of hydrogen-bond acceptors (Lipinski definition) is 7. The van der Waals surface area contributed by atoms with Crippen LogP contribution in [0.5, 0.6) is 11.5 Å². The third kappa shape index (κ3) is 3.03. The third-order valence-electron chi connectivity index (χ3n) is 3.27. The second kappa shape index (κ2) is 5.67. The second-order valence-corrected chi connectivity index (χ2v) is 5.27. The van der Waals surface area contributed by atoms with Crippen LogP contribution in [-0.2, 0) is 25.5 Å². The SMILES string of the molecule is COC(=O)[C@]1(C)Cc2cc(OC(C)=O)c(OC(C)=O)cc2N1. The molecular weight excluding hydrogens is 290 g/mol. The first-order chi connectivity index (χ1) is 10.2. The van der Waals surface area contributed by atoms with Crippen molar-refractivity contribution in [1.29, 1.82) is 0 Å². The molecule has 22 heavy (non-hydrogen) atoms. The smallest absolute Gasteiger partial charge is 0.331 e. The van der Waals surface area contributed by atoms with Crippen LogP contribution in [0.15, 0.2) is 12.1 Å². The molecule has 0 aromatic heterocycles. The van der Waals surface area contributed by atoms with Gasteiger partial charge >= 0.3 is 17.9 Å². The number of carbonyl (C=O) groups excluding carboxylic acids is 3. The van der Waals surface area contributed by atoms with E-state index in [-0.39, 0.29) is 11.5 Å². The predicted octanol–water partition coefficient (Wildman–Crippen LogP) is 1.44. The summed E-state index contributed by atoms with van der Waals surface area (Å²) < 4.78 is 14.9. The average molecular weight is 307 g/mol. The summed E-state index contributed by atoms with van der Waals surface area (Å²) in [5.41, 5.74) is 0.472. The predicted molar refractivity (Wildman–Crippen MR) is 76.8 cm³/mol. The van der Waals surface area contributed by atoms with E-state index in [9.17, 15) is 14.4 Å². The van der Waals surface area contributed by atoms with Crippen LogP contribution in [0, 0.1) is 0 Å². The number of nitrogens with one attached hydrogen (secondary N) is 1. The first-order valence-corrected chi connectivity index (χ1v) is 6.65. The highest BCUT2D eigenvalue weighted by Crippen LogP contribution is 2.41. The van der Waals surface area contributed by atoms with E-state index in [2.05, 4.69) is 5.32 Å². The Kier molecular flexibility index (Phi) is 4.07. The minimum atomic E-state index is -0.917. The largest absolute Gasteiger partial charge is 0.467 e. The molecule has 1 N–H and O–H groups in total. The summed E-state index contributed by atoms with van der Waals surface area (Å²) >= 11 is 0. The van der Waals surface area contributed by atoms with E-state index in [1.165, 1.54) is 27.0 Å². The molecule has 0 aliphatic carbocycles. The van der Waals surface area contributed by atoms with Gasteiger partial charge in [0.1, 0.15) is 5.54 Å². The Hall–Kier alpha value is -2.57. The zero-order valence-corrected chi connectivity index (χ0v) is 12.8. The van der Waals surface area contributed by atoms with Gasteiger partial charge in [-0.3, -0.25) is 9.59 Å². The van der Waals surface area contributed by atoms with Crippen molar-refractivity contribution in [2.75, 3.05) is 12.4 Å². The van der Waals surface area contributed by atoms with Crippen molar-refractivity contribution >= 4 is 23.6 Å². The Balaban J connectivity index is 2.41. The van der Waals surface area contributed by atoms with Crippen LogP contribution < -0.4 is 14.8 Å². The summed E-state index contributed by atoms with van der Waals surface area (Å²) in [5.74, 6) is -1.23. The number of rotatable bonds is 3. The summed E-state index contributed by atoms with van der Waals surface area (Å²) in [7, 11) is 1.31. The van der Waals surface area contributed by atoms with Crippen molar-refractivity contribution in [3.8, 4) is 11.5 Å². The molecule has 7 heteroatoms. The van der Waals surface area contributed by atoms with E-state index < -0.39 is 23.4 Å². The molecule has 0 bridgehead atoms. The van der Waals surface area contributed by atoms with Gasteiger partial charge in [-0.25, -0.2) is 4.79 Å². The van der Waals surface area contributed by atoms with Gasteiger partial charge in [-0.2, -0.15) is 0 Å². The second-order valence-electron chi connectivity index (χ2n) is 5.27. The van der Waals surface area contributed by atoms with E-state index in [1.54, 1.807) is 13.0 Å².